The number of rotatable bonds is 6. The maximum atomic E-state index is 7.38. The van der Waals surface area contributed by atoms with Crippen molar-refractivity contribution in [2.45, 2.75) is 39.5 Å². The van der Waals surface area contributed by atoms with Gasteiger partial charge < -0.3 is 11.5 Å². The first-order valence-electron chi connectivity index (χ1n) is 5.54. The normalized spacial score (nSPS) is 10.8. The summed E-state index contributed by atoms with van der Waals surface area (Å²) in [4.78, 5) is 5.74. The van der Waals surface area contributed by atoms with E-state index in [9.17, 15) is 0 Å². The van der Waals surface area contributed by atoms with Gasteiger partial charge in [0.15, 0.2) is 11.9 Å². The van der Waals surface area contributed by atoms with Crippen molar-refractivity contribution in [1.82, 2.24) is 4.90 Å². The van der Waals surface area contributed by atoms with E-state index < -0.39 is 0 Å². The van der Waals surface area contributed by atoms with E-state index in [4.69, 9.17) is 16.9 Å². The van der Waals surface area contributed by atoms with Gasteiger partial charge >= 0.3 is 0 Å². The van der Waals surface area contributed by atoms with Gasteiger partial charge in [0.1, 0.15) is 0 Å². The second-order valence-electron chi connectivity index (χ2n) is 3.48. The third kappa shape index (κ3) is 7.34. The summed E-state index contributed by atoms with van der Waals surface area (Å²) in [5.74, 6) is 0.339. The largest absolute Gasteiger partial charge is 0.370 e. The summed E-state index contributed by atoms with van der Waals surface area (Å²) < 4.78 is 0. The van der Waals surface area contributed by atoms with Crippen molar-refractivity contribution < 1.29 is 0 Å². The van der Waals surface area contributed by atoms with Gasteiger partial charge in [0.25, 0.3) is 0 Å². The molecule has 0 spiro atoms. The molecular weight excluding hydrogens is 226 g/mol. The van der Waals surface area contributed by atoms with Crippen LogP contribution in [0.2, 0.25) is 0 Å². The Morgan fingerprint density at radius 2 is 1.75 bits per heavy atom. The molecule has 0 aliphatic rings. The number of guanidine groups is 2. The van der Waals surface area contributed by atoms with Gasteiger partial charge in [-0.05, 0) is 12.8 Å². The van der Waals surface area contributed by atoms with E-state index in [1.807, 2.05) is 0 Å². The van der Waals surface area contributed by atoms with Crippen LogP contribution >= 0.6 is 12.4 Å². The fourth-order valence-electron chi connectivity index (χ4n) is 1.11. The molecule has 0 aliphatic heterocycles. The Labute approximate surface area is 104 Å². The quantitative estimate of drug-likeness (QED) is 0.379. The fraction of sp³-hybridized carbons (Fsp3) is 0.800. The van der Waals surface area contributed by atoms with Crippen molar-refractivity contribution in [2.24, 2.45) is 16.5 Å². The lowest BCUT2D eigenvalue weighted by Crippen LogP contribution is -2.46. The Kier molecular flexibility index (Phi) is 11.5. The molecule has 0 bridgehead atoms. The number of nitrogens with zero attached hydrogens (tertiary/aromatic N) is 2. The van der Waals surface area contributed by atoms with Crippen molar-refractivity contribution in [1.29, 1.82) is 5.41 Å². The molecule has 5 nitrogen and oxygen atoms in total. The summed E-state index contributed by atoms with van der Waals surface area (Å²) in [6, 6.07) is 0. The fourth-order valence-corrected chi connectivity index (χ4v) is 1.11. The first-order chi connectivity index (χ1) is 7.13. The highest BCUT2D eigenvalue weighted by molar-refractivity contribution is 5.95. The highest BCUT2D eigenvalue weighted by atomic mass is 35.5. The predicted molar refractivity (Wildman–Crippen MR) is 72.2 cm³/mol. The molecule has 0 aliphatic carbocycles. The molecular formula is C10H24ClN5. The van der Waals surface area contributed by atoms with E-state index in [1.165, 1.54) is 0 Å². The highest BCUT2D eigenvalue weighted by Gasteiger charge is 2.09. The molecule has 0 aromatic carbocycles. The van der Waals surface area contributed by atoms with Crippen LogP contribution in [0.3, 0.4) is 0 Å². The van der Waals surface area contributed by atoms with Crippen molar-refractivity contribution >= 4 is 24.3 Å². The summed E-state index contributed by atoms with van der Waals surface area (Å²) >= 11 is 0. The molecule has 16 heavy (non-hydrogen) atoms. The van der Waals surface area contributed by atoms with Gasteiger partial charge in [-0.3, -0.25) is 15.3 Å². The van der Waals surface area contributed by atoms with Crippen LogP contribution in [0.15, 0.2) is 4.99 Å². The monoisotopic (exact) mass is 249 g/mol. The molecule has 0 amide bonds. The number of halogens is 1. The SMILES string of the molecule is CCCCN=C(N)N(CCCC)C(=N)N.Cl. The molecule has 0 aromatic rings. The Morgan fingerprint density at radius 1 is 1.19 bits per heavy atom. The number of aliphatic imine (C=N–C) groups is 1. The summed E-state index contributed by atoms with van der Waals surface area (Å²) in [6.45, 7) is 5.57. The standard InChI is InChI=1S/C10H23N5.ClH/c1-3-5-7-14-10(13)15(9(11)12)8-6-4-2;/h3-8H2,1-2H3,(H3,11,12)(H2,13,14);1H. The van der Waals surface area contributed by atoms with E-state index in [-0.39, 0.29) is 18.4 Å². The minimum absolute atomic E-state index is 0. The van der Waals surface area contributed by atoms with Gasteiger partial charge in [-0.1, -0.05) is 26.7 Å². The van der Waals surface area contributed by atoms with E-state index in [2.05, 4.69) is 18.8 Å². The molecule has 0 radical (unpaired) electrons. The minimum Gasteiger partial charge on any atom is -0.370 e. The average molecular weight is 250 g/mol. The number of hydrogen-bond donors (Lipinski definition) is 3. The van der Waals surface area contributed by atoms with Gasteiger partial charge in [-0.25, -0.2) is 0 Å². The first kappa shape index (κ1) is 17.4. The molecule has 0 saturated carbocycles. The molecule has 0 saturated heterocycles. The zero-order valence-corrected chi connectivity index (χ0v) is 11.0. The van der Waals surface area contributed by atoms with Crippen molar-refractivity contribution in [3.8, 4) is 0 Å². The van der Waals surface area contributed by atoms with Gasteiger partial charge in [-0.2, -0.15) is 0 Å². The molecule has 0 fully saturated rings. The zero-order valence-electron chi connectivity index (χ0n) is 10.2. The van der Waals surface area contributed by atoms with Crippen LogP contribution < -0.4 is 11.5 Å². The minimum atomic E-state index is -0.0267. The lowest BCUT2D eigenvalue weighted by molar-refractivity contribution is 0.551. The molecule has 0 rings (SSSR count). The second-order valence-corrected chi connectivity index (χ2v) is 3.48. The first-order valence-corrected chi connectivity index (χ1v) is 5.54. The lowest BCUT2D eigenvalue weighted by atomic mass is 10.3. The van der Waals surface area contributed by atoms with Gasteiger partial charge in [0, 0.05) is 13.1 Å². The summed E-state index contributed by atoms with van der Waals surface area (Å²) in [5.41, 5.74) is 11.2. The van der Waals surface area contributed by atoms with Crippen LogP contribution in [0.5, 0.6) is 0 Å². The summed E-state index contributed by atoms with van der Waals surface area (Å²) in [5, 5.41) is 7.38. The van der Waals surface area contributed by atoms with E-state index in [0.717, 1.165) is 25.7 Å². The third-order valence-electron chi connectivity index (χ3n) is 2.09. The molecule has 0 aromatic heterocycles. The maximum Gasteiger partial charge on any atom is 0.198 e. The van der Waals surface area contributed by atoms with E-state index >= 15 is 0 Å². The Morgan fingerprint density at radius 3 is 2.19 bits per heavy atom. The molecule has 6 heteroatoms. The highest BCUT2D eigenvalue weighted by Crippen LogP contribution is 1.95. The Balaban J connectivity index is 0. The summed E-state index contributed by atoms with van der Waals surface area (Å²) in [6.07, 6.45) is 4.11. The van der Waals surface area contributed by atoms with E-state index in [1.54, 1.807) is 4.90 Å². The lowest BCUT2D eigenvalue weighted by Gasteiger charge is -2.21. The number of unbranched alkanes of at least 4 members (excludes halogenated alkanes) is 2. The van der Waals surface area contributed by atoms with Crippen molar-refractivity contribution in [3.63, 3.8) is 0 Å². The van der Waals surface area contributed by atoms with Crippen LogP contribution in [0.25, 0.3) is 0 Å². The topological polar surface area (TPSA) is 91.5 Å². The van der Waals surface area contributed by atoms with Crippen LogP contribution in [-0.2, 0) is 0 Å². The van der Waals surface area contributed by atoms with E-state index in [0.29, 0.717) is 19.0 Å². The van der Waals surface area contributed by atoms with Crippen LogP contribution in [0.1, 0.15) is 39.5 Å². The smallest absolute Gasteiger partial charge is 0.198 e. The summed E-state index contributed by atoms with van der Waals surface area (Å²) in [7, 11) is 0. The average Bonchev–Trinajstić information content (AvgIpc) is 2.18. The molecule has 0 atom stereocenters. The van der Waals surface area contributed by atoms with Crippen LogP contribution in [0, 0.1) is 5.41 Å². The van der Waals surface area contributed by atoms with Crippen LogP contribution in [-0.4, -0.2) is 29.9 Å². The molecule has 0 heterocycles. The second kappa shape index (κ2) is 10.5. The third-order valence-corrected chi connectivity index (χ3v) is 2.09. The number of hydrogen-bond acceptors (Lipinski definition) is 2. The van der Waals surface area contributed by atoms with Crippen LogP contribution in [0.4, 0.5) is 0 Å². The predicted octanol–water partition coefficient (Wildman–Crippen LogP) is 1.52. The van der Waals surface area contributed by atoms with Crippen molar-refractivity contribution in [3.05, 3.63) is 0 Å². The zero-order chi connectivity index (χ0) is 11.7. The molecule has 5 N–H and O–H groups in total. The van der Waals surface area contributed by atoms with Gasteiger partial charge in [-0.15, -0.1) is 12.4 Å². The number of nitrogens with one attached hydrogen (secondary N) is 1. The van der Waals surface area contributed by atoms with Gasteiger partial charge in [0.05, 0.1) is 0 Å². The Bertz CT molecular complexity index is 217. The van der Waals surface area contributed by atoms with Gasteiger partial charge in [0.2, 0.25) is 0 Å². The Hall–Kier alpha value is -0.970. The molecule has 96 valence electrons. The number of nitrogens with two attached hydrogens (primary N) is 2. The molecule has 0 unspecified atom stereocenters. The maximum absolute atomic E-state index is 7.38. The van der Waals surface area contributed by atoms with Crippen molar-refractivity contribution in [2.75, 3.05) is 13.1 Å².